The van der Waals surface area contributed by atoms with E-state index >= 15 is 0 Å². The van der Waals surface area contributed by atoms with Crippen LogP contribution in [0.4, 0.5) is 11.4 Å². The molecule has 2 amide bonds. The van der Waals surface area contributed by atoms with Crippen LogP contribution < -0.4 is 10.2 Å². The molecule has 170 valence electrons. The number of aryl methyl sites for hydroxylation is 1. The number of amides is 2. The van der Waals surface area contributed by atoms with Crippen LogP contribution in [0.2, 0.25) is 0 Å². The van der Waals surface area contributed by atoms with Crippen LogP contribution in [0.5, 0.6) is 0 Å². The maximum atomic E-state index is 12.6. The normalized spacial score (nSPS) is 16.9. The number of carbonyl (C=O) groups excluding carboxylic acids is 2. The number of benzene rings is 2. The summed E-state index contributed by atoms with van der Waals surface area (Å²) in [6.45, 7) is 5.38. The summed E-state index contributed by atoms with van der Waals surface area (Å²) in [7, 11) is 0. The summed E-state index contributed by atoms with van der Waals surface area (Å²) in [6, 6.07) is 15.7. The quantitative estimate of drug-likeness (QED) is 0.659. The lowest BCUT2D eigenvalue weighted by Crippen LogP contribution is -2.48. The fourth-order valence-corrected chi connectivity index (χ4v) is 4.85. The highest BCUT2D eigenvalue weighted by molar-refractivity contribution is 6.04. The molecule has 1 heterocycles. The summed E-state index contributed by atoms with van der Waals surface area (Å²) in [5.41, 5.74) is 3.81. The van der Waals surface area contributed by atoms with E-state index in [1.807, 2.05) is 53.4 Å². The highest BCUT2D eigenvalue weighted by atomic mass is 16.2. The lowest BCUT2D eigenvalue weighted by Gasteiger charge is -2.36. The minimum Gasteiger partial charge on any atom is -0.368 e. The number of piperazine rings is 1. The summed E-state index contributed by atoms with van der Waals surface area (Å²) in [4.78, 5) is 29.4. The van der Waals surface area contributed by atoms with Crippen molar-refractivity contribution in [3.63, 3.8) is 0 Å². The Morgan fingerprint density at radius 2 is 1.56 bits per heavy atom. The average molecular weight is 434 g/mol. The zero-order valence-corrected chi connectivity index (χ0v) is 19.2. The van der Waals surface area contributed by atoms with Gasteiger partial charge in [0, 0.05) is 49.5 Å². The van der Waals surface area contributed by atoms with Gasteiger partial charge in [-0.25, -0.2) is 0 Å². The Kier molecular flexibility index (Phi) is 7.46. The van der Waals surface area contributed by atoms with Crippen molar-refractivity contribution in [2.75, 3.05) is 36.4 Å². The molecular formula is C27H35N3O2. The minimum atomic E-state index is -0.0925. The van der Waals surface area contributed by atoms with Gasteiger partial charge in [-0.05, 0) is 60.7 Å². The molecule has 2 aliphatic rings. The lowest BCUT2D eigenvalue weighted by atomic mass is 10.0. The van der Waals surface area contributed by atoms with Gasteiger partial charge in [-0.2, -0.15) is 0 Å². The SMILES string of the molecule is CCc1ccc(C(=O)Nc2ccc(N3CCN(C(=O)CCC4CCCC4)CC3)cc2)cc1. The summed E-state index contributed by atoms with van der Waals surface area (Å²) in [5, 5.41) is 2.97. The Labute approximate surface area is 191 Å². The second kappa shape index (κ2) is 10.7. The Balaban J connectivity index is 1.24. The molecule has 5 heteroatoms. The minimum absolute atomic E-state index is 0.0925. The summed E-state index contributed by atoms with van der Waals surface area (Å²) >= 11 is 0. The molecule has 1 saturated carbocycles. The first-order valence-corrected chi connectivity index (χ1v) is 12.2. The third-order valence-electron chi connectivity index (χ3n) is 6.99. The molecule has 0 spiro atoms. The highest BCUT2D eigenvalue weighted by Crippen LogP contribution is 2.29. The molecule has 2 aromatic rings. The lowest BCUT2D eigenvalue weighted by molar-refractivity contribution is -0.131. The Morgan fingerprint density at radius 3 is 2.19 bits per heavy atom. The van der Waals surface area contributed by atoms with E-state index in [1.54, 1.807) is 0 Å². The predicted molar refractivity (Wildman–Crippen MR) is 130 cm³/mol. The Hall–Kier alpha value is -2.82. The average Bonchev–Trinajstić information content (AvgIpc) is 3.37. The molecular weight excluding hydrogens is 398 g/mol. The number of nitrogens with one attached hydrogen (secondary N) is 1. The number of carbonyl (C=O) groups is 2. The fraction of sp³-hybridized carbons (Fsp3) is 0.481. The van der Waals surface area contributed by atoms with Crippen molar-refractivity contribution in [2.24, 2.45) is 5.92 Å². The van der Waals surface area contributed by atoms with Gasteiger partial charge in [-0.3, -0.25) is 9.59 Å². The number of hydrogen-bond acceptors (Lipinski definition) is 3. The second-order valence-electron chi connectivity index (χ2n) is 9.11. The van der Waals surface area contributed by atoms with E-state index in [0.717, 1.165) is 56.3 Å². The molecule has 1 aliphatic carbocycles. The largest absolute Gasteiger partial charge is 0.368 e. The molecule has 0 bridgehead atoms. The number of rotatable bonds is 7. The van der Waals surface area contributed by atoms with E-state index in [2.05, 4.69) is 17.1 Å². The summed E-state index contributed by atoms with van der Waals surface area (Å²) < 4.78 is 0. The van der Waals surface area contributed by atoms with Crippen molar-refractivity contribution in [3.8, 4) is 0 Å². The molecule has 0 unspecified atom stereocenters. The van der Waals surface area contributed by atoms with Crippen LogP contribution in [0.15, 0.2) is 48.5 Å². The maximum Gasteiger partial charge on any atom is 0.255 e. The molecule has 1 N–H and O–H groups in total. The van der Waals surface area contributed by atoms with Gasteiger partial charge in [0.05, 0.1) is 0 Å². The Morgan fingerprint density at radius 1 is 0.906 bits per heavy atom. The monoisotopic (exact) mass is 433 g/mol. The molecule has 5 nitrogen and oxygen atoms in total. The predicted octanol–water partition coefficient (Wildman–Crippen LogP) is 5.12. The molecule has 2 aromatic carbocycles. The van der Waals surface area contributed by atoms with Crippen LogP contribution in [0.1, 0.15) is 61.4 Å². The first kappa shape index (κ1) is 22.4. The van der Waals surface area contributed by atoms with Crippen LogP contribution in [0.25, 0.3) is 0 Å². The maximum absolute atomic E-state index is 12.6. The number of anilines is 2. The van der Waals surface area contributed by atoms with Gasteiger partial charge in [-0.1, -0.05) is 44.7 Å². The van der Waals surface area contributed by atoms with Crippen LogP contribution in [-0.4, -0.2) is 42.9 Å². The molecule has 0 aromatic heterocycles. The van der Waals surface area contributed by atoms with Gasteiger partial charge < -0.3 is 15.1 Å². The van der Waals surface area contributed by atoms with E-state index in [4.69, 9.17) is 0 Å². The van der Waals surface area contributed by atoms with E-state index in [9.17, 15) is 9.59 Å². The summed E-state index contributed by atoms with van der Waals surface area (Å²) in [5.74, 6) is 1.00. The van der Waals surface area contributed by atoms with Crippen molar-refractivity contribution in [1.29, 1.82) is 0 Å². The third-order valence-corrected chi connectivity index (χ3v) is 6.99. The van der Waals surface area contributed by atoms with Gasteiger partial charge in [0.2, 0.25) is 5.91 Å². The van der Waals surface area contributed by atoms with Crippen molar-refractivity contribution in [1.82, 2.24) is 4.90 Å². The van der Waals surface area contributed by atoms with Gasteiger partial charge in [0.1, 0.15) is 0 Å². The fourth-order valence-electron chi connectivity index (χ4n) is 4.85. The number of nitrogens with zero attached hydrogens (tertiary/aromatic N) is 2. The second-order valence-corrected chi connectivity index (χ2v) is 9.11. The zero-order chi connectivity index (χ0) is 22.3. The van der Waals surface area contributed by atoms with E-state index in [-0.39, 0.29) is 5.91 Å². The third kappa shape index (κ3) is 5.70. The van der Waals surface area contributed by atoms with Gasteiger partial charge >= 0.3 is 0 Å². The smallest absolute Gasteiger partial charge is 0.255 e. The standard InChI is InChI=1S/C27H35N3O2/c1-2-21-7-10-23(11-8-21)27(32)28-24-12-14-25(15-13-24)29-17-19-30(20-18-29)26(31)16-9-22-5-3-4-6-22/h7-8,10-15,22H,2-6,9,16-20H2,1H3,(H,28,32). The molecule has 2 fully saturated rings. The highest BCUT2D eigenvalue weighted by Gasteiger charge is 2.23. The van der Waals surface area contributed by atoms with E-state index < -0.39 is 0 Å². The first-order valence-electron chi connectivity index (χ1n) is 12.2. The molecule has 0 atom stereocenters. The van der Waals surface area contributed by atoms with Crippen LogP contribution in [0, 0.1) is 5.92 Å². The van der Waals surface area contributed by atoms with Gasteiger partial charge in [0.25, 0.3) is 5.91 Å². The summed E-state index contributed by atoms with van der Waals surface area (Å²) in [6.07, 6.45) is 8.03. The number of hydrogen-bond donors (Lipinski definition) is 1. The molecule has 1 saturated heterocycles. The van der Waals surface area contributed by atoms with Gasteiger partial charge in [-0.15, -0.1) is 0 Å². The van der Waals surface area contributed by atoms with Crippen molar-refractivity contribution < 1.29 is 9.59 Å². The van der Waals surface area contributed by atoms with Crippen molar-refractivity contribution >= 4 is 23.2 Å². The molecule has 1 aliphatic heterocycles. The topological polar surface area (TPSA) is 52.7 Å². The van der Waals surface area contributed by atoms with Crippen LogP contribution >= 0.6 is 0 Å². The van der Waals surface area contributed by atoms with Crippen molar-refractivity contribution in [3.05, 3.63) is 59.7 Å². The Bertz CT molecular complexity index is 894. The van der Waals surface area contributed by atoms with Crippen molar-refractivity contribution in [2.45, 2.75) is 51.9 Å². The first-order chi connectivity index (χ1) is 15.6. The molecule has 0 radical (unpaired) electrons. The van der Waals surface area contributed by atoms with Crippen LogP contribution in [-0.2, 0) is 11.2 Å². The van der Waals surface area contributed by atoms with E-state index in [1.165, 1.54) is 31.2 Å². The molecule has 4 rings (SSSR count). The van der Waals surface area contributed by atoms with Gasteiger partial charge in [0.15, 0.2) is 0 Å². The molecule has 32 heavy (non-hydrogen) atoms. The van der Waals surface area contributed by atoms with Crippen LogP contribution in [0.3, 0.4) is 0 Å². The zero-order valence-electron chi connectivity index (χ0n) is 19.2. The van der Waals surface area contributed by atoms with E-state index in [0.29, 0.717) is 17.9 Å².